The van der Waals surface area contributed by atoms with Crippen molar-refractivity contribution < 1.29 is 8.78 Å². The minimum Gasteiger partial charge on any atom is -0.325 e. The molecule has 2 aromatic carbocycles. The van der Waals surface area contributed by atoms with E-state index in [0.29, 0.717) is 17.8 Å². The third-order valence-corrected chi connectivity index (χ3v) is 3.37. The minimum absolute atomic E-state index is 0.228. The SMILES string of the molecule is NCc1nnn(-c2cccc(F)c2)c1Cc1ccc(F)cc1. The largest absolute Gasteiger partial charge is 0.325 e. The van der Waals surface area contributed by atoms with Crippen molar-refractivity contribution >= 4 is 0 Å². The van der Waals surface area contributed by atoms with Crippen molar-refractivity contribution in [3.8, 4) is 5.69 Å². The van der Waals surface area contributed by atoms with Gasteiger partial charge in [-0.2, -0.15) is 0 Å². The quantitative estimate of drug-likeness (QED) is 0.805. The van der Waals surface area contributed by atoms with Crippen LogP contribution in [0, 0.1) is 11.6 Å². The van der Waals surface area contributed by atoms with Crippen molar-refractivity contribution in [1.29, 1.82) is 0 Å². The first kappa shape index (κ1) is 14.3. The maximum absolute atomic E-state index is 13.4. The number of nitrogens with two attached hydrogens (primary N) is 1. The molecule has 0 amide bonds. The van der Waals surface area contributed by atoms with Gasteiger partial charge >= 0.3 is 0 Å². The van der Waals surface area contributed by atoms with Crippen molar-refractivity contribution in [2.75, 3.05) is 0 Å². The Balaban J connectivity index is 2.02. The van der Waals surface area contributed by atoms with E-state index in [0.717, 1.165) is 11.3 Å². The summed E-state index contributed by atoms with van der Waals surface area (Å²) in [6, 6.07) is 12.3. The molecule has 2 N–H and O–H groups in total. The normalized spacial score (nSPS) is 10.9. The highest BCUT2D eigenvalue weighted by Gasteiger charge is 2.14. The van der Waals surface area contributed by atoms with Crippen LogP contribution >= 0.6 is 0 Å². The molecule has 0 radical (unpaired) electrons. The number of rotatable bonds is 4. The summed E-state index contributed by atoms with van der Waals surface area (Å²) in [4.78, 5) is 0. The molecule has 0 fully saturated rings. The standard InChI is InChI=1S/C16H14F2N4/c17-12-6-4-11(5-7-12)8-16-15(10-19)20-21-22(16)14-3-1-2-13(18)9-14/h1-7,9H,8,10,19H2. The predicted molar refractivity (Wildman–Crippen MR) is 78.4 cm³/mol. The van der Waals surface area contributed by atoms with Gasteiger partial charge in [-0.15, -0.1) is 5.10 Å². The van der Waals surface area contributed by atoms with Gasteiger partial charge in [-0.05, 0) is 35.9 Å². The van der Waals surface area contributed by atoms with Crippen LogP contribution in [0.3, 0.4) is 0 Å². The van der Waals surface area contributed by atoms with Crippen LogP contribution in [0.2, 0.25) is 0 Å². The van der Waals surface area contributed by atoms with Crippen LogP contribution in [0.25, 0.3) is 5.69 Å². The Labute approximate surface area is 126 Å². The molecule has 0 unspecified atom stereocenters. The Morgan fingerprint density at radius 2 is 1.77 bits per heavy atom. The van der Waals surface area contributed by atoms with E-state index in [2.05, 4.69) is 10.3 Å². The van der Waals surface area contributed by atoms with Crippen LogP contribution in [-0.4, -0.2) is 15.0 Å². The Kier molecular flexibility index (Phi) is 3.93. The van der Waals surface area contributed by atoms with Crippen LogP contribution in [0.15, 0.2) is 48.5 Å². The lowest BCUT2D eigenvalue weighted by Gasteiger charge is -2.08. The first-order chi connectivity index (χ1) is 10.7. The average molecular weight is 300 g/mol. The summed E-state index contributed by atoms with van der Waals surface area (Å²) < 4.78 is 28.0. The zero-order valence-corrected chi connectivity index (χ0v) is 11.7. The van der Waals surface area contributed by atoms with Crippen LogP contribution in [0.4, 0.5) is 8.78 Å². The van der Waals surface area contributed by atoms with Gasteiger partial charge < -0.3 is 5.73 Å². The third kappa shape index (κ3) is 2.87. The number of hydrogen-bond acceptors (Lipinski definition) is 3. The summed E-state index contributed by atoms with van der Waals surface area (Å²) in [5, 5.41) is 8.10. The van der Waals surface area contributed by atoms with Crippen molar-refractivity contribution in [3.63, 3.8) is 0 Å². The molecular formula is C16H14F2N4. The fourth-order valence-electron chi connectivity index (χ4n) is 2.28. The molecular weight excluding hydrogens is 286 g/mol. The molecule has 0 aliphatic heterocycles. The third-order valence-electron chi connectivity index (χ3n) is 3.37. The molecule has 112 valence electrons. The Bertz CT molecular complexity index is 781. The predicted octanol–water partition coefficient (Wildman–Crippen LogP) is 2.60. The van der Waals surface area contributed by atoms with Gasteiger partial charge in [0.05, 0.1) is 11.4 Å². The number of nitrogens with zero attached hydrogens (tertiary/aromatic N) is 3. The molecule has 0 aliphatic rings. The second-order valence-corrected chi connectivity index (χ2v) is 4.88. The van der Waals surface area contributed by atoms with Crippen molar-refractivity contribution in [1.82, 2.24) is 15.0 Å². The smallest absolute Gasteiger partial charge is 0.125 e. The fourth-order valence-corrected chi connectivity index (χ4v) is 2.28. The second-order valence-electron chi connectivity index (χ2n) is 4.88. The summed E-state index contributed by atoms with van der Waals surface area (Å²) in [6.07, 6.45) is 0.482. The average Bonchev–Trinajstić information content (AvgIpc) is 2.92. The second kappa shape index (κ2) is 6.03. The lowest BCUT2D eigenvalue weighted by atomic mass is 10.1. The highest BCUT2D eigenvalue weighted by Crippen LogP contribution is 2.18. The summed E-state index contributed by atoms with van der Waals surface area (Å²) in [6.45, 7) is 0.228. The molecule has 0 saturated heterocycles. The van der Waals surface area contributed by atoms with Crippen molar-refractivity contribution in [3.05, 3.63) is 77.1 Å². The molecule has 6 heteroatoms. The van der Waals surface area contributed by atoms with Gasteiger partial charge in [0.25, 0.3) is 0 Å². The van der Waals surface area contributed by atoms with Crippen LogP contribution < -0.4 is 5.73 Å². The van der Waals surface area contributed by atoms with E-state index >= 15 is 0 Å². The van der Waals surface area contributed by atoms with E-state index in [9.17, 15) is 8.78 Å². The van der Waals surface area contributed by atoms with E-state index < -0.39 is 0 Å². The van der Waals surface area contributed by atoms with Crippen LogP contribution in [0.1, 0.15) is 17.0 Å². The van der Waals surface area contributed by atoms with E-state index in [1.807, 2.05) is 0 Å². The van der Waals surface area contributed by atoms with E-state index in [1.165, 1.54) is 24.3 Å². The first-order valence-corrected chi connectivity index (χ1v) is 6.81. The topological polar surface area (TPSA) is 56.7 Å². The summed E-state index contributed by atoms with van der Waals surface area (Å²) >= 11 is 0. The van der Waals surface area contributed by atoms with Crippen molar-refractivity contribution in [2.24, 2.45) is 5.73 Å². The molecule has 4 nitrogen and oxygen atoms in total. The van der Waals surface area contributed by atoms with Gasteiger partial charge in [0.15, 0.2) is 0 Å². The number of benzene rings is 2. The molecule has 1 heterocycles. The maximum atomic E-state index is 13.4. The van der Waals surface area contributed by atoms with Gasteiger partial charge in [-0.3, -0.25) is 0 Å². The van der Waals surface area contributed by atoms with Gasteiger partial charge in [0.2, 0.25) is 0 Å². The molecule has 0 aliphatic carbocycles. The van der Waals surface area contributed by atoms with E-state index in [-0.39, 0.29) is 18.2 Å². The Morgan fingerprint density at radius 1 is 1.00 bits per heavy atom. The molecule has 0 saturated carbocycles. The molecule has 3 aromatic rings. The molecule has 3 rings (SSSR count). The Hall–Kier alpha value is -2.60. The first-order valence-electron chi connectivity index (χ1n) is 6.81. The van der Waals surface area contributed by atoms with Gasteiger partial charge in [-0.1, -0.05) is 23.4 Å². The molecule has 0 bridgehead atoms. The fraction of sp³-hybridized carbons (Fsp3) is 0.125. The lowest BCUT2D eigenvalue weighted by molar-refractivity contribution is 0.623. The molecule has 22 heavy (non-hydrogen) atoms. The zero-order chi connectivity index (χ0) is 15.5. The van der Waals surface area contributed by atoms with Gasteiger partial charge in [0, 0.05) is 13.0 Å². The van der Waals surface area contributed by atoms with E-state index in [1.54, 1.807) is 28.9 Å². The molecule has 0 atom stereocenters. The zero-order valence-electron chi connectivity index (χ0n) is 11.7. The maximum Gasteiger partial charge on any atom is 0.125 e. The summed E-state index contributed by atoms with van der Waals surface area (Å²) in [7, 11) is 0. The highest BCUT2D eigenvalue weighted by molar-refractivity contribution is 5.36. The number of hydrogen-bond donors (Lipinski definition) is 1. The van der Waals surface area contributed by atoms with Gasteiger partial charge in [-0.25, -0.2) is 13.5 Å². The lowest BCUT2D eigenvalue weighted by Crippen LogP contribution is -2.07. The summed E-state index contributed by atoms with van der Waals surface area (Å²) in [5.41, 5.74) is 8.57. The number of aromatic nitrogens is 3. The Morgan fingerprint density at radius 3 is 2.45 bits per heavy atom. The van der Waals surface area contributed by atoms with E-state index in [4.69, 9.17) is 5.73 Å². The minimum atomic E-state index is -0.352. The monoisotopic (exact) mass is 300 g/mol. The summed E-state index contributed by atoms with van der Waals surface area (Å²) in [5.74, 6) is -0.644. The van der Waals surface area contributed by atoms with Gasteiger partial charge in [0.1, 0.15) is 17.3 Å². The van der Waals surface area contributed by atoms with Crippen LogP contribution in [-0.2, 0) is 13.0 Å². The highest BCUT2D eigenvalue weighted by atomic mass is 19.1. The molecule has 0 spiro atoms. The van der Waals surface area contributed by atoms with Crippen molar-refractivity contribution in [2.45, 2.75) is 13.0 Å². The molecule has 1 aromatic heterocycles. The number of halogens is 2. The van der Waals surface area contributed by atoms with Crippen LogP contribution in [0.5, 0.6) is 0 Å².